The van der Waals surface area contributed by atoms with Crippen LogP contribution in [-0.4, -0.2) is 29.9 Å². The molecule has 1 aromatic rings. The van der Waals surface area contributed by atoms with E-state index in [1.54, 1.807) is 0 Å². The van der Waals surface area contributed by atoms with Crippen molar-refractivity contribution < 1.29 is 4.79 Å². The number of amides is 1. The maximum Gasteiger partial charge on any atom is 0.222 e. The molecule has 1 fully saturated rings. The second kappa shape index (κ2) is 7.41. The van der Waals surface area contributed by atoms with Crippen molar-refractivity contribution in [3.63, 3.8) is 0 Å². The van der Waals surface area contributed by atoms with Crippen LogP contribution in [-0.2, 0) is 11.2 Å². The molecule has 0 spiro atoms. The fourth-order valence-electron chi connectivity index (χ4n) is 2.94. The minimum atomic E-state index is 0.176. The molecule has 1 aliphatic rings. The highest BCUT2D eigenvalue weighted by Crippen LogP contribution is 2.21. The Morgan fingerprint density at radius 2 is 2.29 bits per heavy atom. The average Bonchev–Trinajstić information content (AvgIpc) is 2.48. The van der Waals surface area contributed by atoms with Gasteiger partial charge in [-0.2, -0.15) is 0 Å². The number of nitrogens with zero attached hydrogens (tertiary/aromatic N) is 1. The summed E-state index contributed by atoms with van der Waals surface area (Å²) < 4.78 is 1.12. The molecule has 4 heteroatoms. The van der Waals surface area contributed by atoms with Crippen LogP contribution >= 0.6 is 15.9 Å². The van der Waals surface area contributed by atoms with Crippen LogP contribution in [0.15, 0.2) is 22.7 Å². The van der Waals surface area contributed by atoms with Crippen LogP contribution in [0.25, 0.3) is 0 Å². The van der Waals surface area contributed by atoms with Crippen LogP contribution in [0, 0.1) is 12.8 Å². The number of rotatable bonds is 4. The van der Waals surface area contributed by atoms with E-state index >= 15 is 0 Å². The number of nitrogens with two attached hydrogens (primary N) is 1. The first-order valence-corrected chi connectivity index (χ1v) is 8.55. The lowest BCUT2D eigenvalue weighted by Gasteiger charge is -2.34. The van der Waals surface area contributed by atoms with E-state index in [0.717, 1.165) is 36.8 Å². The van der Waals surface area contributed by atoms with E-state index in [0.29, 0.717) is 12.3 Å². The summed E-state index contributed by atoms with van der Waals surface area (Å²) in [6.07, 6.45) is 3.63. The van der Waals surface area contributed by atoms with Crippen molar-refractivity contribution in [3.8, 4) is 0 Å². The molecule has 3 nitrogen and oxygen atoms in total. The van der Waals surface area contributed by atoms with Gasteiger partial charge in [0.1, 0.15) is 0 Å². The zero-order valence-electron chi connectivity index (χ0n) is 12.9. The van der Waals surface area contributed by atoms with Crippen LogP contribution in [0.5, 0.6) is 0 Å². The number of benzene rings is 1. The molecule has 1 aromatic carbocycles. The van der Waals surface area contributed by atoms with Crippen molar-refractivity contribution in [3.05, 3.63) is 33.8 Å². The molecular weight excluding hydrogens is 328 g/mol. The molecule has 0 bridgehead atoms. The number of halogens is 1. The van der Waals surface area contributed by atoms with Crippen molar-refractivity contribution in [2.24, 2.45) is 11.7 Å². The van der Waals surface area contributed by atoms with E-state index in [-0.39, 0.29) is 11.9 Å². The lowest BCUT2D eigenvalue weighted by atomic mass is 9.92. The number of carbonyl (C=O) groups excluding carboxylic acids is 1. The van der Waals surface area contributed by atoms with E-state index in [1.807, 2.05) is 11.8 Å². The van der Waals surface area contributed by atoms with Crippen LogP contribution in [0.2, 0.25) is 0 Å². The maximum absolute atomic E-state index is 12.4. The summed E-state index contributed by atoms with van der Waals surface area (Å²) in [6.45, 7) is 5.84. The fraction of sp³-hybridized carbons (Fsp3) is 0.588. The molecule has 1 saturated heterocycles. The lowest BCUT2D eigenvalue weighted by molar-refractivity contribution is -0.133. The Balaban J connectivity index is 1.87. The van der Waals surface area contributed by atoms with Gasteiger partial charge in [0.25, 0.3) is 0 Å². The zero-order valence-corrected chi connectivity index (χ0v) is 14.5. The third kappa shape index (κ3) is 4.55. The minimum absolute atomic E-state index is 0.176. The Hall–Kier alpha value is -0.870. The van der Waals surface area contributed by atoms with Gasteiger partial charge in [-0.05, 0) is 56.2 Å². The van der Waals surface area contributed by atoms with Gasteiger partial charge in [0.15, 0.2) is 0 Å². The number of carbonyl (C=O) groups is 1. The summed E-state index contributed by atoms with van der Waals surface area (Å²) in [5.74, 6) is 0.721. The molecule has 21 heavy (non-hydrogen) atoms. The minimum Gasteiger partial charge on any atom is -0.342 e. The molecule has 1 heterocycles. The van der Waals surface area contributed by atoms with Gasteiger partial charge in [0.2, 0.25) is 5.91 Å². The van der Waals surface area contributed by atoms with Crippen molar-refractivity contribution in [2.45, 2.75) is 45.6 Å². The molecule has 2 atom stereocenters. The third-order valence-electron chi connectivity index (χ3n) is 4.40. The smallest absolute Gasteiger partial charge is 0.222 e. The van der Waals surface area contributed by atoms with Gasteiger partial charge in [-0.25, -0.2) is 0 Å². The lowest BCUT2D eigenvalue weighted by Crippen LogP contribution is -2.45. The predicted molar refractivity (Wildman–Crippen MR) is 90.2 cm³/mol. The SMILES string of the molecule is Cc1cc(CCC(=O)N2CCC[C@@H]([C@@H](C)N)C2)ccc1Br. The standard InChI is InChI=1S/C17H25BrN2O/c1-12-10-14(5-7-16(12)18)6-8-17(21)20-9-3-4-15(11-20)13(2)19/h5,7,10,13,15H,3-4,6,8-9,11,19H2,1-2H3/t13-,15-/m1/s1. The van der Waals surface area contributed by atoms with Crippen molar-refractivity contribution in [1.82, 2.24) is 4.90 Å². The van der Waals surface area contributed by atoms with E-state index in [1.165, 1.54) is 11.1 Å². The maximum atomic E-state index is 12.4. The first kappa shape index (κ1) is 16.5. The zero-order chi connectivity index (χ0) is 15.4. The summed E-state index contributed by atoms with van der Waals surface area (Å²) >= 11 is 3.51. The quantitative estimate of drug-likeness (QED) is 0.903. The third-order valence-corrected chi connectivity index (χ3v) is 5.29. The van der Waals surface area contributed by atoms with Gasteiger partial charge in [0, 0.05) is 30.0 Å². The van der Waals surface area contributed by atoms with Gasteiger partial charge in [-0.3, -0.25) is 4.79 Å². The molecule has 1 amide bonds. The van der Waals surface area contributed by atoms with E-state index in [9.17, 15) is 4.79 Å². The van der Waals surface area contributed by atoms with E-state index in [4.69, 9.17) is 5.73 Å². The molecule has 2 rings (SSSR count). The van der Waals surface area contributed by atoms with E-state index in [2.05, 4.69) is 41.1 Å². The van der Waals surface area contributed by atoms with Crippen LogP contribution < -0.4 is 5.73 Å². The molecular formula is C17H25BrN2O. The van der Waals surface area contributed by atoms with Crippen LogP contribution in [0.3, 0.4) is 0 Å². The van der Waals surface area contributed by atoms with Crippen LogP contribution in [0.4, 0.5) is 0 Å². The van der Waals surface area contributed by atoms with Gasteiger partial charge < -0.3 is 10.6 Å². The summed E-state index contributed by atoms with van der Waals surface area (Å²) in [5, 5.41) is 0. The first-order chi connectivity index (χ1) is 9.97. The molecule has 0 unspecified atom stereocenters. The monoisotopic (exact) mass is 352 g/mol. The summed E-state index contributed by atoms with van der Waals surface area (Å²) in [5.41, 5.74) is 8.43. The fourth-order valence-corrected chi connectivity index (χ4v) is 3.18. The van der Waals surface area contributed by atoms with Crippen molar-refractivity contribution in [1.29, 1.82) is 0 Å². The predicted octanol–water partition coefficient (Wildman–Crippen LogP) is 3.28. The van der Waals surface area contributed by atoms with Crippen LogP contribution in [0.1, 0.15) is 37.3 Å². The number of hydrogen-bond donors (Lipinski definition) is 1. The van der Waals surface area contributed by atoms with E-state index < -0.39 is 0 Å². The van der Waals surface area contributed by atoms with Gasteiger partial charge in [0.05, 0.1) is 0 Å². The second-order valence-corrected chi connectivity index (χ2v) is 7.04. The summed E-state index contributed by atoms with van der Waals surface area (Å²) in [7, 11) is 0. The second-order valence-electron chi connectivity index (χ2n) is 6.18. The Kier molecular flexibility index (Phi) is 5.82. The normalized spacial score (nSPS) is 20.4. The first-order valence-electron chi connectivity index (χ1n) is 7.75. The highest BCUT2D eigenvalue weighted by molar-refractivity contribution is 9.10. The topological polar surface area (TPSA) is 46.3 Å². The van der Waals surface area contributed by atoms with Crippen molar-refractivity contribution >= 4 is 21.8 Å². The molecule has 116 valence electrons. The Labute approximate surface area is 136 Å². The highest BCUT2D eigenvalue weighted by atomic mass is 79.9. The summed E-state index contributed by atoms with van der Waals surface area (Å²) in [6, 6.07) is 6.47. The average molecular weight is 353 g/mol. The van der Waals surface area contributed by atoms with Gasteiger partial charge >= 0.3 is 0 Å². The molecule has 0 radical (unpaired) electrons. The number of hydrogen-bond acceptors (Lipinski definition) is 2. The molecule has 0 saturated carbocycles. The number of likely N-dealkylation sites (tertiary alicyclic amines) is 1. The Bertz CT molecular complexity index is 502. The Morgan fingerprint density at radius 3 is 2.95 bits per heavy atom. The number of piperidine rings is 1. The molecule has 1 aliphatic heterocycles. The van der Waals surface area contributed by atoms with Gasteiger partial charge in [-0.15, -0.1) is 0 Å². The molecule has 2 N–H and O–H groups in total. The largest absolute Gasteiger partial charge is 0.342 e. The van der Waals surface area contributed by atoms with Crippen molar-refractivity contribution in [2.75, 3.05) is 13.1 Å². The summed E-state index contributed by atoms with van der Waals surface area (Å²) in [4.78, 5) is 14.4. The number of aryl methyl sites for hydroxylation is 2. The molecule has 0 aliphatic carbocycles. The highest BCUT2D eigenvalue weighted by Gasteiger charge is 2.25. The van der Waals surface area contributed by atoms with Gasteiger partial charge in [-0.1, -0.05) is 28.1 Å². The molecule has 0 aromatic heterocycles. The Morgan fingerprint density at radius 1 is 1.52 bits per heavy atom.